The van der Waals surface area contributed by atoms with Crippen LogP contribution < -0.4 is 10.6 Å². The smallest absolute Gasteiger partial charge is 0.326 e. The minimum absolute atomic E-state index is 0.0199. The second-order valence-corrected chi connectivity index (χ2v) is 4.08. The highest BCUT2D eigenvalue weighted by Gasteiger charge is 2.27. The number of rotatable bonds is 6. The van der Waals surface area contributed by atoms with Crippen LogP contribution in [0, 0.1) is 0 Å². The number of carbonyl (C=O) groups excluding carboxylic acids is 2. The molecule has 1 rings (SSSR count). The molecule has 8 nitrogen and oxygen atoms in total. The number of esters is 1. The molecule has 19 heavy (non-hydrogen) atoms. The van der Waals surface area contributed by atoms with Crippen molar-refractivity contribution in [2.24, 2.45) is 0 Å². The highest BCUT2D eigenvalue weighted by Crippen LogP contribution is 2.02. The Morgan fingerprint density at radius 2 is 2.26 bits per heavy atom. The molecular formula is C11H18N2O6. The molecule has 8 heteroatoms. The SMILES string of the molecule is COC(=O)CCC(NC(=O)C1CNCCO1)C(=O)O. The van der Waals surface area contributed by atoms with Gasteiger partial charge in [-0.25, -0.2) is 4.79 Å². The monoisotopic (exact) mass is 274 g/mol. The zero-order valence-electron chi connectivity index (χ0n) is 10.7. The van der Waals surface area contributed by atoms with E-state index in [-0.39, 0.29) is 12.8 Å². The second-order valence-electron chi connectivity index (χ2n) is 4.08. The van der Waals surface area contributed by atoms with Gasteiger partial charge in [-0.3, -0.25) is 9.59 Å². The first kappa shape index (κ1) is 15.4. The van der Waals surface area contributed by atoms with Gasteiger partial charge in [0.05, 0.1) is 13.7 Å². The van der Waals surface area contributed by atoms with Gasteiger partial charge in [0.1, 0.15) is 12.1 Å². The number of carboxylic acids is 1. The molecule has 1 aliphatic heterocycles. The van der Waals surface area contributed by atoms with Gasteiger partial charge in [-0.15, -0.1) is 0 Å². The fourth-order valence-corrected chi connectivity index (χ4v) is 1.62. The standard InChI is InChI=1S/C11H18N2O6/c1-18-9(14)3-2-7(11(16)17)13-10(15)8-6-12-4-5-19-8/h7-8,12H,2-6H2,1H3,(H,13,15)(H,16,17). The Hall–Kier alpha value is -1.67. The molecule has 0 spiro atoms. The van der Waals surface area contributed by atoms with Crippen LogP contribution in [-0.2, 0) is 23.9 Å². The van der Waals surface area contributed by atoms with E-state index in [0.717, 1.165) is 0 Å². The predicted molar refractivity (Wildman–Crippen MR) is 63.4 cm³/mol. The molecule has 108 valence electrons. The Bertz CT molecular complexity index is 340. The fourth-order valence-electron chi connectivity index (χ4n) is 1.62. The molecular weight excluding hydrogens is 256 g/mol. The average Bonchev–Trinajstić information content (AvgIpc) is 2.43. The Labute approximate surface area is 110 Å². The second kappa shape index (κ2) is 7.70. The molecule has 0 bridgehead atoms. The zero-order valence-corrected chi connectivity index (χ0v) is 10.7. The van der Waals surface area contributed by atoms with E-state index in [1.165, 1.54) is 7.11 Å². The number of hydrogen-bond acceptors (Lipinski definition) is 6. The molecule has 0 aliphatic carbocycles. The summed E-state index contributed by atoms with van der Waals surface area (Å²) in [5.74, 6) is -2.21. The van der Waals surface area contributed by atoms with Crippen molar-refractivity contribution in [1.82, 2.24) is 10.6 Å². The lowest BCUT2D eigenvalue weighted by atomic mass is 10.1. The first-order valence-electron chi connectivity index (χ1n) is 5.97. The summed E-state index contributed by atoms with van der Waals surface area (Å²) in [7, 11) is 1.22. The number of amides is 1. The molecule has 1 amide bonds. The van der Waals surface area contributed by atoms with Gasteiger partial charge in [-0.2, -0.15) is 0 Å². The average molecular weight is 274 g/mol. The van der Waals surface area contributed by atoms with E-state index in [4.69, 9.17) is 9.84 Å². The molecule has 0 aromatic rings. The zero-order chi connectivity index (χ0) is 14.3. The molecule has 0 aromatic carbocycles. The molecule has 3 N–H and O–H groups in total. The number of ether oxygens (including phenoxy) is 2. The van der Waals surface area contributed by atoms with Crippen LogP contribution in [0.15, 0.2) is 0 Å². The van der Waals surface area contributed by atoms with E-state index >= 15 is 0 Å². The Kier molecular flexibility index (Phi) is 6.23. The van der Waals surface area contributed by atoms with Crippen molar-refractivity contribution in [3.8, 4) is 0 Å². The number of morpholine rings is 1. The number of hydrogen-bond donors (Lipinski definition) is 3. The van der Waals surface area contributed by atoms with Gasteiger partial charge < -0.3 is 25.2 Å². The van der Waals surface area contributed by atoms with Crippen molar-refractivity contribution in [2.45, 2.75) is 25.0 Å². The van der Waals surface area contributed by atoms with E-state index < -0.39 is 30.0 Å². The largest absolute Gasteiger partial charge is 0.480 e. The third-order valence-electron chi connectivity index (χ3n) is 2.70. The topological polar surface area (TPSA) is 114 Å². The van der Waals surface area contributed by atoms with Crippen LogP contribution in [0.3, 0.4) is 0 Å². The van der Waals surface area contributed by atoms with Gasteiger partial charge in [0, 0.05) is 19.5 Å². The van der Waals surface area contributed by atoms with Crippen molar-refractivity contribution in [1.29, 1.82) is 0 Å². The molecule has 1 saturated heterocycles. The van der Waals surface area contributed by atoms with Gasteiger partial charge in [-0.1, -0.05) is 0 Å². The van der Waals surface area contributed by atoms with Gasteiger partial charge in [0.15, 0.2) is 0 Å². The van der Waals surface area contributed by atoms with Crippen LogP contribution in [0.2, 0.25) is 0 Å². The van der Waals surface area contributed by atoms with Gasteiger partial charge in [-0.05, 0) is 6.42 Å². The number of carboxylic acid groups (broad SMARTS) is 1. The minimum atomic E-state index is -1.19. The van der Waals surface area contributed by atoms with E-state index in [1.807, 2.05) is 0 Å². The molecule has 1 heterocycles. The van der Waals surface area contributed by atoms with Crippen LogP contribution in [0.4, 0.5) is 0 Å². The maximum absolute atomic E-state index is 11.8. The first-order valence-corrected chi connectivity index (χ1v) is 5.97. The number of nitrogens with one attached hydrogen (secondary N) is 2. The third-order valence-corrected chi connectivity index (χ3v) is 2.70. The van der Waals surface area contributed by atoms with E-state index in [0.29, 0.717) is 19.7 Å². The Morgan fingerprint density at radius 3 is 2.79 bits per heavy atom. The van der Waals surface area contributed by atoms with E-state index in [2.05, 4.69) is 15.4 Å². The van der Waals surface area contributed by atoms with Gasteiger partial charge in [0.25, 0.3) is 5.91 Å². The molecule has 0 saturated carbocycles. The highest BCUT2D eigenvalue weighted by molar-refractivity contribution is 5.86. The minimum Gasteiger partial charge on any atom is -0.480 e. The molecule has 1 fully saturated rings. The predicted octanol–water partition coefficient (Wildman–Crippen LogP) is -1.50. The maximum Gasteiger partial charge on any atom is 0.326 e. The maximum atomic E-state index is 11.8. The molecule has 2 unspecified atom stereocenters. The highest BCUT2D eigenvalue weighted by atomic mass is 16.5. The summed E-state index contributed by atoms with van der Waals surface area (Å²) in [6, 6.07) is -1.13. The summed E-state index contributed by atoms with van der Waals surface area (Å²) in [6.45, 7) is 1.40. The molecule has 2 atom stereocenters. The van der Waals surface area contributed by atoms with Crippen LogP contribution >= 0.6 is 0 Å². The van der Waals surface area contributed by atoms with Crippen LogP contribution in [0.5, 0.6) is 0 Å². The van der Waals surface area contributed by atoms with E-state index in [1.54, 1.807) is 0 Å². The lowest BCUT2D eigenvalue weighted by Crippen LogP contribution is -2.52. The summed E-state index contributed by atoms with van der Waals surface area (Å²) in [6.07, 6.45) is -0.792. The lowest BCUT2D eigenvalue weighted by Gasteiger charge is -2.24. The number of methoxy groups -OCH3 is 1. The number of carbonyl (C=O) groups is 3. The fraction of sp³-hybridized carbons (Fsp3) is 0.727. The van der Waals surface area contributed by atoms with Crippen LogP contribution in [0.25, 0.3) is 0 Å². The first-order chi connectivity index (χ1) is 9.04. The van der Waals surface area contributed by atoms with E-state index in [9.17, 15) is 14.4 Å². The third kappa shape index (κ3) is 5.23. The Morgan fingerprint density at radius 1 is 1.53 bits per heavy atom. The molecule has 0 radical (unpaired) electrons. The summed E-state index contributed by atoms with van der Waals surface area (Å²) in [5, 5.41) is 14.3. The normalized spacial score (nSPS) is 20.4. The summed E-state index contributed by atoms with van der Waals surface area (Å²) in [5.41, 5.74) is 0. The van der Waals surface area contributed by atoms with Crippen molar-refractivity contribution < 1.29 is 29.0 Å². The number of aliphatic carboxylic acids is 1. The van der Waals surface area contributed by atoms with Gasteiger partial charge >= 0.3 is 11.9 Å². The summed E-state index contributed by atoms with van der Waals surface area (Å²) >= 11 is 0. The molecule has 1 aliphatic rings. The van der Waals surface area contributed by atoms with Crippen molar-refractivity contribution in [3.05, 3.63) is 0 Å². The Balaban J connectivity index is 2.45. The van der Waals surface area contributed by atoms with Gasteiger partial charge in [0.2, 0.25) is 0 Å². The summed E-state index contributed by atoms with van der Waals surface area (Å²) in [4.78, 5) is 33.7. The lowest BCUT2D eigenvalue weighted by molar-refractivity contribution is -0.146. The van der Waals surface area contributed by atoms with Crippen molar-refractivity contribution >= 4 is 17.8 Å². The van der Waals surface area contributed by atoms with Crippen LogP contribution in [0.1, 0.15) is 12.8 Å². The quantitative estimate of drug-likeness (QED) is 0.505. The summed E-state index contributed by atoms with van der Waals surface area (Å²) < 4.78 is 9.63. The van der Waals surface area contributed by atoms with Crippen molar-refractivity contribution in [3.63, 3.8) is 0 Å². The molecule has 0 aromatic heterocycles. The van der Waals surface area contributed by atoms with Crippen LogP contribution in [-0.4, -0.2) is 61.9 Å². The van der Waals surface area contributed by atoms with Crippen molar-refractivity contribution in [2.75, 3.05) is 26.8 Å².